The minimum absolute atomic E-state index is 1.52. The van der Waals surface area contributed by atoms with E-state index in [1.165, 1.54) is 42.7 Å². The smallest absolute Gasteiger partial charge is 0.171 e. The lowest BCUT2D eigenvalue weighted by molar-refractivity contribution is 0.252. The van der Waals surface area contributed by atoms with Gasteiger partial charge in [0.15, 0.2) is 0 Å². The van der Waals surface area contributed by atoms with E-state index in [0.29, 0.717) is 0 Å². The van der Waals surface area contributed by atoms with Crippen LogP contribution in [0.4, 0.5) is 0 Å². The van der Waals surface area contributed by atoms with E-state index in [9.17, 15) is 0 Å². The van der Waals surface area contributed by atoms with Crippen LogP contribution in [0.3, 0.4) is 0 Å². The molecule has 0 spiro atoms. The summed E-state index contributed by atoms with van der Waals surface area (Å²) in [6.07, 6.45) is 0. The molecular weight excluding hydrogens is 303 g/mol. The van der Waals surface area contributed by atoms with E-state index in [2.05, 4.69) is 14.6 Å². The van der Waals surface area contributed by atoms with E-state index in [-0.39, 0.29) is 0 Å². The highest BCUT2D eigenvalue weighted by Gasteiger charge is 2.78. The molecule has 1 aliphatic heterocycles. The van der Waals surface area contributed by atoms with Crippen molar-refractivity contribution in [2.24, 2.45) is 0 Å². The summed E-state index contributed by atoms with van der Waals surface area (Å²) in [5, 5.41) is 0. The van der Waals surface area contributed by atoms with Crippen LogP contribution in [0.1, 0.15) is 0 Å². The number of hydrogen-bond donors (Lipinski definition) is 3. The van der Waals surface area contributed by atoms with Gasteiger partial charge in [-0.2, -0.15) is 27.1 Å². The summed E-state index contributed by atoms with van der Waals surface area (Å²) >= 11 is 0. The first kappa shape index (κ1) is 17.0. The monoisotopic (exact) mass is 324 g/mol. The van der Waals surface area contributed by atoms with Crippen LogP contribution in [0.25, 0.3) is 0 Å². The average Bonchev–Trinajstić information content (AvgIpc) is 2.46. The fourth-order valence-corrected chi connectivity index (χ4v) is 11.6. The first-order valence-electron chi connectivity index (χ1n) is 4.89. The largest absolute Gasteiger partial charge is 0.509 e. The number of rotatable bonds is 6. The Labute approximate surface area is 109 Å². The second-order valence-corrected chi connectivity index (χ2v) is 10.9. The summed E-state index contributed by atoms with van der Waals surface area (Å²) in [6, 6.07) is 0. The van der Waals surface area contributed by atoms with E-state index in [4.69, 9.17) is 27.1 Å². The van der Waals surface area contributed by atoms with Gasteiger partial charge in [0, 0.05) is 0 Å². The van der Waals surface area contributed by atoms with E-state index in [1.807, 2.05) is 0 Å². The van der Waals surface area contributed by atoms with E-state index in [0.717, 1.165) is 0 Å². The Kier molecular flexibility index (Phi) is 6.22. The maximum absolute atomic E-state index is 5.41. The topological polar surface area (TPSA) is 91.5 Å². The minimum Gasteiger partial charge on any atom is -0.171 e. The fraction of sp³-hybridized carbons (Fsp3) is 1.00. The molecule has 0 amide bonds. The molecule has 1 aliphatic rings. The van der Waals surface area contributed by atoms with Crippen LogP contribution in [0.15, 0.2) is 0 Å². The van der Waals surface area contributed by atoms with Gasteiger partial charge in [0.25, 0.3) is 0 Å². The highest BCUT2D eigenvalue weighted by atomic mass is 31.3. The first-order valence-corrected chi connectivity index (χ1v) is 9.76. The maximum atomic E-state index is 5.41. The van der Waals surface area contributed by atoms with Crippen LogP contribution < -0.4 is 14.6 Å². The molecule has 12 heteroatoms. The van der Waals surface area contributed by atoms with Crippen LogP contribution >= 0.6 is 24.1 Å². The zero-order valence-electron chi connectivity index (χ0n) is 11.3. The van der Waals surface area contributed by atoms with Gasteiger partial charge in [0.05, 0.1) is 57.2 Å². The first-order chi connectivity index (χ1) is 8.49. The van der Waals surface area contributed by atoms with Crippen LogP contribution in [0, 0.1) is 0 Å². The van der Waals surface area contributed by atoms with Crippen molar-refractivity contribution in [2.75, 3.05) is 42.7 Å². The Balaban J connectivity index is 3.13. The molecule has 0 aromatic heterocycles. The van der Waals surface area contributed by atoms with Crippen molar-refractivity contribution in [1.82, 2.24) is 14.6 Å². The third kappa shape index (κ3) is 3.15. The van der Waals surface area contributed by atoms with E-state index < -0.39 is 24.1 Å². The molecule has 1 saturated heterocycles. The quantitative estimate of drug-likeness (QED) is 0.631. The molecule has 18 heavy (non-hydrogen) atoms. The molecule has 0 aromatic rings. The molecule has 108 valence electrons. The van der Waals surface area contributed by atoms with Crippen molar-refractivity contribution in [3.05, 3.63) is 0 Å². The third-order valence-electron chi connectivity index (χ3n) is 2.33. The average molecular weight is 324 g/mol. The predicted molar refractivity (Wildman–Crippen MR) is 72.2 cm³/mol. The molecule has 1 fully saturated rings. The van der Waals surface area contributed by atoms with Crippen molar-refractivity contribution < 1.29 is 27.1 Å². The van der Waals surface area contributed by atoms with Crippen molar-refractivity contribution in [2.45, 2.75) is 0 Å². The Bertz CT molecular complexity index is 218. The number of nitrogens with one attached hydrogen (secondary N) is 3. The highest BCUT2D eigenvalue weighted by molar-refractivity contribution is 7.92. The van der Waals surface area contributed by atoms with Crippen molar-refractivity contribution >= 4 is 24.1 Å². The van der Waals surface area contributed by atoms with Gasteiger partial charge in [-0.1, -0.05) is 0 Å². The van der Waals surface area contributed by atoms with Gasteiger partial charge in [-0.05, 0) is 0 Å². The normalized spacial score (nSPS) is 25.0. The zero-order valence-corrected chi connectivity index (χ0v) is 14.0. The standard InChI is InChI=1S/C6H21N3O6P3/c1-10-16(11-2)7-17(12-3,13-4)9-18(8-16,14-5)15-6/h7-9H,1-6H3/q+3. The Hall–Kier alpha value is 0.930. The number of hydrogen-bond acceptors (Lipinski definition) is 9. The molecule has 1 heterocycles. The molecule has 0 unspecified atom stereocenters. The van der Waals surface area contributed by atoms with Crippen LogP contribution in [0.2, 0.25) is 0 Å². The van der Waals surface area contributed by atoms with E-state index >= 15 is 0 Å². The SMILES string of the molecule is CO[P+]1(OC)N[P+](OC)(OC)N[P+](OC)(OC)N1. The molecule has 9 nitrogen and oxygen atoms in total. The second-order valence-electron chi connectivity index (χ2n) is 3.05. The summed E-state index contributed by atoms with van der Waals surface area (Å²) < 4.78 is 32.4. The molecule has 3 N–H and O–H groups in total. The van der Waals surface area contributed by atoms with Gasteiger partial charge >= 0.3 is 24.1 Å². The van der Waals surface area contributed by atoms with Gasteiger partial charge in [-0.25, -0.2) is 0 Å². The van der Waals surface area contributed by atoms with Crippen LogP contribution in [0.5, 0.6) is 0 Å². The van der Waals surface area contributed by atoms with Crippen molar-refractivity contribution in [3.8, 4) is 0 Å². The Morgan fingerprint density at radius 2 is 0.611 bits per heavy atom. The fourth-order valence-electron chi connectivity index (χ4n) is 1.30. The zero-order chi connectivity index (χ0) is 13.9. The summed E-state index contributed by atoms with van der Waals surface area (Å²) in [5.41, 5.74) is 0. The highest BCUT2D eigenvalue weighted by Crippen LogP contribution is 2.80. The second kappa shape index (κ2) is 6.59. The lowest BCUT2D eigenvalue weighted by Gasteiger charge is -2.31. The van der Waals surface area contributed by atoms with Gasteiger partial charge in [-0.3, -0.25) is 0 Å². The summed E-state index contributed by atoms with van der Waals surface area (Å²) in [7, 11) is 1.22. The Morgan fingerprint density at radius 3 is 0.722 bits per heavy atom. The van der Waals surface area contributed by atoms with Gasteiger partial charge < -0.3 is 0 Å². The summed E-state index contributed by atoms with van der Waals surface area (Å²) in [5.74, 6) is 0. The van der Waals surface area contributed by atoms with E-state index in [1.54, 1.807) is 0 Å². The minimum atomic E-state index is -2.62. The molecule has 0 radical (unpaired) electrons. The molecule has 0 aliphatic carbocycles. The predicted octanol–water partition coefficient (Wildman–Crippen LogP) is 1.68. The van der Waals surface area contributed by atoms with Crippen molar-refractivity contribution in [3.63, 3.8) is 0 Å². The van der Waals surface area contributed by atoms with Crippen molar-refractivity contribution in [1.29, 1.82) is 0 Å². The Morgan fingerprint density at radius 1 is 0.444 bits per heavy atom. The van der Waals surface area contributed by atoms with Gasteiger partial charge in [0.2, 0.25) is 0 Å². The molecule has 0 atom stereocenters. The van der Waals surface area contributed by atoms with Crippen LogP contribution in [-0.4, -0.2) is 42.7 Å². The molecular formula is C6H21N3O6P3+3. The van der Waals surface area contributed by atoms with Gasteiger partial charge in [0.1, 0.15) is 0 Å². The lowest BCUT2D eigenvalue weighted by Crippen LogP contribution is -2.45. The molecule has 1 rings (SSSR count). The van der Waals surface area contributed by atoms with Crippen LogP contribution in [-0.2, 0) is 27.1 Å². The molecule has 0 bridgehead atoms. The maximum Gasteiger partial charge on any atom is 0.509 e. The molecule has 0 saturated carbocycles. The third-order valence-corrected chi connectivity index (χ3v) is 11.7. The lowest BCUT2D eigenvalue weighted by atomic mass is 11.8. The molecule has 0 aromatic carbocycles. The summed E-state index contributed by atoms with van der Waals surface area (Å²) in [4.78, 5) is 9.24. The van der Waals surface area contributed by atoms with Gasteiger partial charge in [-0.15, -0.1) is 0 Å². The summed E-state index contributed by atoms with van der Waals surface area (Å²) in [6.45, 7) is 0.